The van der Waals surface area contributed by atoms with Crippen molar-refractivity contribution in [3.05, 3.63) is 54.0 Å². The van der Waals surface area contributed by atoms with E-state index in [9.17, 15) is 13.2 Å². The molecule has 1 aliphatic heterocycles. The summed E-state index contributed by atoms with van der Waals surface area (Å²) in [5.74, 6) is 0.544. The van der Waals surface area contributed by atoms with Crippen LogP contribution in [0.3, 0.4) is 0 Å². The maximum atomic E-state index is 13.3. The van der Waals surface area contributed by atoms with Crippen molar-refractivity contribution < 1.29 is 22.4 Å². The molecule has 1 aliphatic carbocycles. The lowest BCUT2D eigenvalue weighted by Crippen LogP contribution is -2.40. The molecule has 1 saturated carbocycles. The van der Waals surface area contributed by atoms with Gasteiger partial charge in [0.2, 0.25) is 10.0 Å². The molecule has 0 radical (unpaired) electrons. The number of sulfonamides is 1. The van der Waals surface area contributed by atoms with E-state index >= 15 is 0 Å². The van der Waals surface area contributed by atoms with Gasteiger partial charge in [-0.3, -0.25) is 4.79 Å². The summed E-state index contributed by atoms with van der Waals surface area (Å²) < 4.78 is 38.0. The van der Waals surface area contributed by atoms with Crippen molar-refractivity contribution in [2.75, 3.05) is 26.3 Å². The molecule has 2 fully saturated rings. The average molecular weight is 404 g/mol. The van der Waals surface area contributed by atoms with E-state index in [-0.39, 0.29) is 22.9 Å². The first-order valence-electron chi connectivity index (χ1n) is 9.52. The zero-order valence-electron chi connectivity index (χ0n) is 15.8. The molecule has 0 N–H and O–H groups in total. The van der Waals surface area contributed by atoms with Crippen LogP contribution in [-0.4, -0.2) is 55.9 Å². The van der Waals surface area contributed by atoms with Crippen LogP contribution in [0.5, 0.6) is 0 Å². The number of furan rings is 1. The highest BCUT2D eigenvalue weighted by molar-refractivity contribution is 7.89. The number of carbonyl (C=O) groups excluding carboxylic acids is 1. The van der Waals surface area contributed by atoms with Crippen molar-refractivity contribution in [3.8, 4) is 0 Å². The SMILES string of the molecule is CC(c1ccco1)N(C(=O)c1cccc(S(=O)(=O)N2CCOCC2)c1)C1CC1. The molecule has 2 aromatic rings. The molecule has 1 atom stereocenters. The number of morpholine rings is 1. The molecule has 2 aliphatic rings. The number of nitrogens with zero attached hydrogens (tertiary/aromatic N) is 2. The molecule has 7 nitrogen and oxygen atoms in total. The zero-order chi connectivity index (χ0) is 19.7. The van der Waals surface area contributed by atoms with Gasteiger partial charge in [0.1, 0.15) is 5.76 Å². The fourth-order valence-corrected chi connectivity index (χ4v) is 5.01. The number of rotatable bonds is 6. The van der Waals surface area contributed by atoms with Crippen LogP contribution in [0, 0.1) is 0 Å². The van der Waals surface area contributed by atoms with Gasteiger partial charge in [0.25, 0.3) is 5.91 Å². The van der Waals surface area contributed by atoms with E-state index in [1.165, 1.54) is 10.4 Å². The molecule has 4 rings (SSSR count). The van der Waals surface area contributed by atoms with Gasteiger partial charge < -0.3 is 14.1 Å². The number of amides is 1. The van der Waals surface area contributed by atoms with Crippen molar-refractivity contribution in [3.63, 3.8) is 0 Å². The summed E-state index contributed by atoms with van der Waals surface area (Å²) >= 11 is 0. The fraction of sp³-hybridized carbons (Fsp3) is 0.450. The summed E-state index contributed by atoms with van der Waals surface area (Å²) in [6.45, 7) is 3.35. The quantitative estimate of drug-likeness (QED) is 0.740. The summed E-state index contributed by atoms with van der Waals surface area (Å²) in [5, 5.41) is 0. The van der Waals surface area contributed by atoms with E-state index in [4.69, 9.17) is 9.15 Å². The minimum absolute atomic E-state index is 0.140. The van der Waals surface area contributed by atoms with E-state index in [2.05, 4.69) is 0 Å². The van der Waals surface area contributed by atoms with Gasteiger partial charge in [0, 0.05) is 24.7 Å². The van der Waals surface area contributed by atoms with Gasteiger partial charge in [0.05, 0.1) is 30.4 Å². The van der Waals surface area contributed by atoms with Gasteiger partial charge in [0.15, 0.2) is 0 Å². The van der Waals surface area contributed by atoms with E-state index in [1.807, 2.05) is 13.0 Å². The second-order valence-corrected chi connectivity index (χ2v) is 9.12. The zero-order valence-corrected chi connectivity index (χ0v) is 16.6. The molecule has 8 heteroatoms. The van der Waals surface area contributed by atoms with Crippen LogP contribution in [0.25, 0.3) is 0 Å². The highest BCUT2D eigenvalue weighted by atomic mass is 32.2. The molecule has 0 spiro atoms. The number of hydrogen-bond donors (Lipinski definition) is 0. The summed E-state index contributed by atoms with van der Waals surface area (Å²) in [6.07, 6.45) is 3.49. The van der Waals surface area contributed by atoms with Crippen molar-refractivity contribution >= 4 is 15.9 Å². The molecule has 2 heterocycles. The van der Waals surface area contributed by atoms with E-state index in [0.29, 0.717) is 31.9 Å². The minimum atomic E-state index is -3.65. The largest absolute Gasteiger partial charge is 0.467 e. The fourth-order valence-electron chi connectivity index (χ4n) is 3.55. The molecule has 1 aromatic heterocycles. The Balaban J connectivity index is 1.61. The maximum Gasteiger partial charge on any atom is 0.254 e. The average Bonchev–Trinajstić information content (AvgIpc) is 3.40. The lowest BCUT2D eigenvalue weighted by Gasteiger charge is -2.29. The first-order valence-corrected chi connectivity index (χ1v) is 11.0. The third-order valence-electron chi connectivity index (χ3n) is 5.24. The summed E-state index contributed by atoms with van der Waals surface area (Å²) in [7, 11) is -3.65. The summed E-state index contributed by atoms with van der Waals surface area (Å²) in [6, 6.07) is 9.93. The van der Waals surface area contributed by atoms with Crippen LogP contribution in [-0.2, 0) is 14.8 Å². The van der Waals surface area contributed by atoms with Crippen molar-refractivity contribution in [1.82, 2.24) is 9.21 Å². The molecular weight excluding hydrogens is 380 g/mol. The van der Waals surface area contributed by atoms with Crippen LogP contribution in [0.1, 0.15) is 41.9 Å². The Hall–Kier alpha value is -2.16. The van der Waals surface area contributed by atoms with Crippen LogP contribution >= 0.6 is 0 Å². The smallest absolute Gasteiger partial charge is 0.254 e. The second kappa shape index (κ2) is 7.69. The molecule has 1 saturated heterocycles. The Morgan fingerprint density at radius 3 is 2.57 bits per heavy atom. The van der Waals surface area contributed by atoms with E-state index < -0.39 is 10.0 Å². The number of ether oxygens (including phenoxy) is 1. The van der Waals surface area contributed by atoms with Crippen molar-refractivity contribution in [2.24, 2.45) is 0 Å². The Kier molecular flexibility index (Phi) is 5.27. The molecule has 1 amide bonds. The number of benzene rings is 1. The Bertz CT molecular complexity index is 931. The second-order valence-electron chi connectivity index (χ2n) is 7.18. The van der Waals surface area contributed by atoms with Crippen LogP contribution in [0.15, 0.2) is 52.0 Å². The van der Waals surface area contributed by atoms with Crippen molar-refractivity contribution in [2.45, 2.75) is 36.7 Å². The molecule has 0 bridgehead atoms. The van der Waals surface area contributed by atoms with E-state index in [0.717, 1.165) is 18.6 Å². The van der Waals surface area contributed by atoms with Gasteiger partial charge in [-0.25, -0.2) is 8.42 Å². The molecule has 1 unspecified atom stereocenters. The van der Waals surface area contributed by atoms with Crippen LogP contribution < -0.4 is 0 Å². The minimum Gasteiger partial charge on any atom is -0.467 e. The standard InChI is InChI=1S/C20H24N2O5S/c1-15(19-6-3-11-27-19)22(17-7-8-17)20(23)16-4-2-5-18(14-16)28(24,25)21-9-12-26-13-10-21/h2-6,11,14-15,17H,7-10,12-13H2,1H3. The monoisotopic (exact) mass is 404 g/mol. The Morgan fingerprint density at radius 2 is 1.93 bits per heavy atom. The van der Waals surface area contributed by atoms with Gasteiger partial charge >= 0.3 is 0 Å². The third-order valence-corrected chi connectivity index (χ3v) is 7.13. The van der Waals surface area contributed by atoms with Crippen molar-refractivity contribution in [1.29, 1.82) is 0 Å². The Morgan fingerprint density at radius 1 is 1.18 bits per heavy atom. The molecule has 28 heavy (non-hydrogen) atoms. The lowest BCUT2D eigenvalue weighted by molar-refractivity contribution is 0.0652. The van der Waals surface area contributed by atoms with Gasteiger partial charge in [-0.2, -0.15) is 4.31 Å². The predicted molar refractivity (Wildman–Crippen MR) is 102 cm³/mol. The highest BCUT2D eigenvalue weighted by Crippen LogP contribution is 2.36. The van der Waals surface area contributed by atoms with Gasteiger partial charge in [-0.05, 0) is 50.1 Å². The first kappa shape index (κ1) is 19.2. The van der Waals surface area contributed by atoms with Gasteiger partial charge in [-0.1, -0.05) is 6.07 Å². The highest BCUT2D eigenvalue weighted by Gasteiger charge is 2.38. The molecule has 1 aromatic carbocycles. The summed E-state index contributed by atoms with van der Waals surface area (Å²) in [5.41, 5.74) is 0.375. The predicted octanol–water partition coefficient (Wildman–Crippen LogP) is 2.67. The Labute approximate surface area is 164 Å². The third kappa shape index (κ3) is 3.72. The van der Waals surface area contributed by atoms with Crippen LogP contribution in [0.4, 0.5) is 0 Å². The lowest BCUT2D eigenvalue weighted by atomic mass is 10.1. The molecule has 150 valence electrons. The molecular formula is C20H24N2O5S. The number of carbonyl (C=O) groups is 1. The topological polar surface area (TPSA) is 80.1 Å². The maximum absolute atomic E-state index is 13.3. The van der Waals surface area contributed by atoms with Gasteiger partial charge in [-0.15, -0.1) is 0 Å². The van der Waals surface area contributed by atoms with E-state index in [1.54, 1.807) is 35.4 Å². The number of hydrogen-bond acceptors (Lipinski definition) is 5. The normalized spacial score (nSPS) is 19.3. The first-order chi connectivity index (χ1) is 13.5. The summed E-state index contributed by atoms with van der Waals surface area (Å²) in [4.78, 5) is 15.2. The van der Waals surface area contributed by atoms with Crippen LogP contribution in [0.2, 0.25) is 0 Å².